The fraction of sp³-hybridized carbons (Fsp3) is 0.389. The number of carbonyl (C=O) groups is 1. The molecule has 3 rings (SSSR count). The second-order valence-electron chi connectivity index (χ2n) is 6.01. The number of halogens is 2. The van der Waals surface area contributed by atoms with Crippen LogP contribution in [0.5, 0.6) is 0 Å². The molecule has 2 heterocycles. The van der Waals surface area contributed by atoms with Gasteiger partial charge in [-0.05, 0) is 55.4 Å². The molecule has 1 fully saturated rings. The second-order valence-corrected chi connectivity index (χ2v) is 6.99. The first-order valence-corrected chi connectivity index (χ1v) is 9.00. The van der Waals surface area contributed by atoms with E-state index in [0.29, 0.717) is 12.5 Å². The van der Waals surface area contributed by atoms with E-state index >= 15 is 0 Å². The minimum Gasteiger partial charge on any atom is -0.351 e. The van der Waals surface area contributed by atoms with Crippen LogP contribution in [0.15, 0.2) is 35.7 Å². The van der Waals surface area contributed by atoms with Crippen molar-refractivity contribution in [1.29, 1.82) is 0 Å². The molecule has 1 N–H and O–H groups in total. The van der Waals surface area contributed by atoms with Crippen molar-refractivity contribution < 1.29 is 13.6 Å². The SMILES string of the molecule is O=C(NCCN1CCC(c2cccs2)CC1)c1ccc(F)cc1F. The number of benzene rings is 1. The van der Waals surface area contributed by atoms with Crippen LogP contribution in [0.1, 0.15) is 34.0 Å². The number of nitrogens with zero attached hydrogens (tertiary/aromatic N) is 1. The van der Waals surface area contributed by atoms with Crippen molar-refractivity contribution in [1.82, 2.24) is 10.2 Å². The molecule has 6 heteroatoms. The number of thiophene rings is 1. The molecule has 1 amide bonds. The first kappa shape index (κ1) is 17.0. The van der Waals surface area contributed by atoms with Gasteiger partial charge >= 0.3 is 0 Å². The van der Waals surface area contributed by atoms with Gasteiger partial charge < -0.3 is 10.2 Å². The third kappa shape index (κ3) is 4.19. The molecule has 2 aromatic rings. The summed E-state index contributed by atoms with van der Waals surface area (Å²) < 4.78 is 26.4. The van der Waals surface area contributed by atoms with E-state index in [1.165, 1.54) is 10.9 Å². The number of hydrogen-bond donors (Lipinski definition) is 1. The predicted molar refractivity (Wildman–Crippen MR) is 91.4 cm³/mol. The third-order valence-electron chi connectivity index (χ3n) is 4.42. The zero-order valence-electron chi connectivity index (χ0n) is 13.3. The molecule has 1 aromatic carbocycles. The number of piperidine rings is 1. The minimum absolute atomic E-state index is 0.118. The number of hydrogen-bond acceptors (Lipinski definition) is 3. The molecule has 3 nitrogen and oxygen atoms in total. The maximum atomic E-state index is 13.6. The lowest BCUT2D eigenvalue weighted by molar-refractivity contribution is 0.0941. The Morgan fingerprint density at radius 3 is 2.71 bits per heavy atom. The van der Waals surface area contributed by atoms with Gasteiger partial charge in [-0.1, -0.05) is 6.07 Å². The lowest BCUT2D eigenvalue weighted by atomic mass is 9.95. The summed E-state index contributed by atoms with van der Waals surface area (Å²) in [6, 6.07) is 7.28. The van der Waals surface area contributed by atoms with Gasteiger partial charge in [0.15, 0.2) is 0 Å². The summed E-state index contributed by atoms with van der Waals surface area (Å²) in [6.07, 6.45) is 2.25. The fourth-order valence-corrected chi connectivity index (χ4v) is 3.96. The zero-order chi connectivity index (χ0) is 16.9. The first-order valence-electron chi connectivity index (χ1n) is 8.12. The monoisotopic (exact) mass is 350 g/mol. The van der Waals surface area contributed by atoms with Crippen LogP contribution < -0.4 is 5.32 Å². The normalized spacial score (nSPS) is 16.2. The Labute approximate surface area is 144 Å². The molecule has 24 heavy (non-hydrogen) atoms. The highest BCUT2D eigenvalue weighted by Crippen LogP contribution is 2.30. The number of nitrogens with one attached hydrogen (secondary N) is 1. The third-order valence-corrected chi connectivity index (χ3v) is 5.46. The molecule has 0 saturated carbocycles. The van der Waals surface area contributed by atoms with E-state index in [4.69, 9.17) is 0 Å². The number of likely N-dealkylation sites (tertiary alicyclic amines) is 1. The van der Waals surface area contributed by atoms with Gasteiger partial charge in [0.25, 0.3) is 5.91 Å². The molecule has 0 radical (unpaired) electrons. The van der Waals surface area contributed by atoms with Crippen LogP contribution in [-0.2, 0) is 0 Å². The van der Waals surface area contributed by atoms with E-state index in [0.717, 1.165) is 44.6 Å². The van der Waals surface area contributed by atoms with Crippen LogP contribution in [-0.4, -0.2) is 37.0 Å². The highest BCUT2D eigenvalue weighted by Gasteiger charge is 2.21. The summed E-state index contributed by atoms with van der Waals surface area (Å²) in [7, 11) is 0. The Hall–Kier alpha value is -1.79. The van der Waals surface area contributed by atoms with Crippen LogP contribution >= 0.6 is 11.3 Å². The summed E-state index contributed by atoms with van der Waals surface area (Å²) >= 11 is 1.81. The molecule has 0 unspecified atom stereocenters. The molecule has 1 saturated heterocycles. The van der Waals surface area contributed by atoms with Crippen molar-refractivity contribution >= 4 is 17.2 Å². The van der Waals surface area contributed by atoms with Gasteiger partial charge in [-0.15, -0.1) is 11.3 Å². The molecule has 0 aliphatic carbocycles. The number of amides is 1. The fourth-order valence-electron chi connectivity index (χ4n) is 3.06. The zero-order valence-corrected chi connectivity index (χ0v) is 14.1. The average molecular weight is 350 g/mol. The van der Waals surface area contributed by atoms with Gasteiger partial charge in [0.2, 0.25) is 0 Å². The Morgan fingerprint density at radius 2 is 2.04 bits per heavy atom. The van der Waals surface area contributed by atoms with Crippen LogP contribution in [0.25, 0.3) is 0 Å². The van der Waals surface area contributed by atoms with Crippen LogP contribution in [0, 0.1) is 11.6 Å². The highest BCUT2D eigenvalue weighted by molar-refractivity contribution is 7.10. The Morgan fingerprint density at radius 1 is 1.25 bits per heavy atom. The number of carbonyl (C=O) groups excluding carboxylic acids is 1. The minimum atomic E-state index is -0.829. The van der Waals surface area contributed by atoms with E-state index in [9.17, 15) is 13.6 Å². The predicted octanol–water partition coefficient (Wildman–Crippen LogP) is 3.64. The molecule has 0 bridgehead atoms. The van der Waals surface area contributed by atoms with Crippen molar-refractivity contribution in [2.45, 2.75) is 18.8 Å². The van der Waals surface area contributed by atoms with E-state index < -0.39 is 17.5 Å². The van der Waals surface area contributed by atoms with Gasteiger partial charge in [-0.2, -0.15) is 0 Å². The lowest BCUT2D eigenvalue weighted by Crippen LogP contribution is -2.39. The summed E-state index contributed by atoms with van der Waals surface area (Å²) in [4.78, 5) is 15.7. The Kier molecular flexibility index (Phi) is 5.58. The summed E-state index contributed by atoms with van der Waals surface area (Å²) in [5.74, 6) is -1.37. The van der Waals surface area contributed by atoms with Gasteiger partial charge in [0.05, 0.1) is 5.56 Å². The highest BCUT2D eigenvalue weighted by atomic mass is 32.1. The lowest BCUT2D eigenvalue weighted by Gasteiger charge is -2.31. The van der Waals surface area contributed by atoms with Gasteiger partial charge in [0, 0.05) is 24.0 Å². The maximum absolute atomic E-state index is 13.6. The molecule has 1 aliphatic heterocycles. The van der Waals surface area contributed by atoms with Crippen molar-refractivity contribution in [3.63, 3.8) is 0 Å². The maximum Gasteiger partial charge on any atom is 0.254 e. The quantitative estimate of drug-likeness (QED) is 0.893. The van der Waals surface area contributed by atoms with Gasteiger partial charge in [-0.3, -0.25) is 4.79 Å². The molecular formula is C18H20F2N2OS. The van der Waals surface area contributed by atoms with Crippen molar-refractivity contribution in [2.75, 3.05) is 26.2 Å². The van der Waals surface area contributed by atoms with Crippen LogP contribution in [0.2, 0.25) is 0 Å². The molecule has 1 aliphatic rings. The van der Waals surface area contributed by atoms with E-state index in [-0.39, 0.29) is 5.56 Å². The smallest absolute Gasteiger partial charge is 0.254 e. The molecule has 0 spiro atoms. The molecule has 1 aromatic heterocycles. The van der Waals surface area contributed by atoms with Crippen LogP contribution in [0.4, 0.5) is 8.78 Å². The number of rotatable bonds is 5. The molecular weight excluding hydrogens is 330 g/mol. The first-order chi connectivity index (χ1) is 11.6. The largest absolute Gasteiger partial charge is 0.351 e. The van der Waals surface area contributed by atoms with E-state index in [2.05, 4.69) is 27.7 Å². The standard InChI is InChI=1S/C18H20F2N2OS/c19-14-3-4-15(16(20)12-14)18(23)21-7-10-22-8-5-13(6-9-22)17-2-1-11-24-17/h1-4,11-13H,5-10H2,(H,21,23). The van der Waals surface area contributed by atoms with Gasteiger partial charge in [0.1, 0.15) is 11.6 Å². The van der Waals surface area contributed by atoms with Crippen molar-refractivity contribution in [3.8, 4) is 0 Å². The van der Waals surface area contributed by atoms with Crippen molar-refractivity contribution in [3.05, 3.63) is 57.8 Å². The van der Waals surface area contributed by atoms with Crippen LogP contribution in [0.3, 0.4) is 0 Å². The Bertz CT molecular complexity index is 682. The van der Waals surface area contributed by atoms with E-state index in [1.807, 2.05) is 11.3 Å². The van der Waals surface area contributed by atoms with Crippen molar-refractivity contribution in [2.24, 2.45) is 0 Å². The van der Waals surface area contributed by atoms with Gasteiger partial charge in [-0.25, -0.2) is 8.78 Å². The summed E-state index contributed by atoms with van der Waals surface area (Å²) in [5.41, 5.74) is -0.118. The second kappa shape index (κ2) is 7.85. The molecule has 128 valence electrons. The van der Waals surface area contributed by atoms with E-state index in [1.54, 1.807) is 0 Å². The average Bonchev–Trinajstić information content (AvgIpc) is 3.10. The topological polar surface area (TPSA) is 32.3 Å². The summed E-state index contributed by atoms with van der Waals surface area (Å²) in [6.45, 7) is 3.21. The summed E-state index contributed by atoms with van der Waals surface area (Å²) in [5, 5.41) is 4.82. The Balaban J connectivity index is 1.41. The molecule has 0 atom stereocenters.